The maximum absolute atomic E-state index is 13.8. The minimum atomic E-state index is -0.248. The summed E-state index contributed by atoms with van der Waals surface area (Å²) in [7, 11) is 0. The molecule has 0 atom stereocenters. The molecule has 0 saturated heterocycles. The summed E-state index contributed by atoms with van der Waals surface area (Å²) >= 11 is 1.43. The second-order valence-corrected chi connectivity index (χ2v) is 5.68. The van der Waals surface area contributed by atoms with Crippen molar-refractivity contribution >= 4 is 16.3 Å². The van der Waals surface area contributed by atoms with E-state index in [1.54, 1.807) is 35.1 Å². The van der Waals surface area contributed by atoms with Crippen LogP contribution in [0.15, 0.2) is 48.8 Å². The van der Waals surface area contributed by atoms with Gasteiger partial charge in [0.15, 0.2) is 5.82 Å². The number of hydrogen-bond donors (Lipinski definition) is 0. The van der Waals surface area contributed by atoms with Crippen LogP contribution in [0.4, 0.5) is 4.39 Å². The molecule has 0 aliphatic heterocycles. The van der Waals surface area contributed by atoms with Crippen LogP contribution in [0.1, 0.15) is 11.4 Å². The second-order valence-electron chi connectivity index (χ2n) is 4.73. The van der Waals surface area contributed by atoms with Gasteiger partial charge in [-0.15, -0.1) is 10.2 Å². The van der Waals surface area contributed by atoms with Gasteiger partial charge in [0.25, 0.3) is 0 Å². The summed E-state index contributed by atoms with van der Waals surface area (Å²) in [6.45, 7) is 0. The van der Waals surface area contributed by atoms with Gasteiger partial charge in [-0.1, -0.05) is 29.5 Å². The zero-order valence-corrected chi connectivity index (χ0v) is 12.2. The first-order valence-corrected chi connectivity index (χ1v) is 7.48. The zero-order chi connectivity index (χ0) is 14.9. The summed E-state index contributed by atoms with van der Waals surface area (Å²) in [6, 6.07) is 10.5. The number of aromatic nitrogens is 5. The minimum absolute atomic E-state index is 0.248. The Morgan fingerprint density at radius 3 is 2.82 bits per heavy atom. The van der Waals surface area contributed by atoms with E-state index in [1.165, 1.54) is 17.4 Å². The molecule has 3 aromatic heterocycles. The molecule has 0 amide bonds. The first kappa shape index (κ1) is 13.0. The average Bonchev–Trinajstić information content (AvgIpc) is 3.12. The molecule has 22 heavy (non-hydrogen) atoms. The van der Waals surface area contributed by atoms with Crippen molar-refractivity contribution < 1.29 is 4.39 Å². The summed E-state index contributed by atoms with van der Waals surface area (Å²) in [6.07, 6.45) is 3.82. The van der Waals surface area contributed by atoms with Gasteiger partial charge in [0, 0.05) is 24.4 Å². The third-order valence-electron chi connectivity index (χ3n) is 3.27. The van der Waals surface area contributed by atoms with Crippen LogP contribution >= 0.6 is 11.3 Å². The molecule has 0 fully saturated rings. The summed E-state index contributed by atoms with van der Waals surface area (Å²) < 4.78 is 15.4. The summed E-state index contributed by atoms with van der Waals surface area (Å²) in [5, 5.41) is 13.6. The highest BCUT2D eigenvalue weighted by Gasteiger charge is 2.14. The van der Waals surface area contributed by atoms with Crippen LogP contribution in [0.25, 0.3) is 15.5 Å². The fourth-order valence-corrected chi connectivity index (χ4v) is 3.03. The summed E-state index contributed by atoms with van der Waals surface area (Å²) in [4.78, 5) is 4.77. The van der Waals surface area contributed by atoms with E-state index in [9.17, 15) is 4.39 Å². The van der Waals surface area contributed by atoms with Gasteiger partial charge in [-0.25, -0.2) is 4.39 Å². The van der Waals surface area contributed by atoms with E-state index in [0.717, 1.165) is 10.6 Å². The van der Waals surface area contributed by atoms with Crippen LogP contribution in [-0.4, -0.2) is 24.8 Å². The Morgan fingerprint density at radius 2 is 2.00 bits per heavy atom. The molecule has 4 rings (SSSR count). The monoisotopic (exact) mass is 311 g/mol. The van der Waals surface area contributed by atoms with Crippen LogP contribution in [0.2, 0.25) is 0 Å². The molecule has 0 unspecified atom stereocenters. The Bertz CT molecular complexity index is 931. The first-order valence-electron chi connectivity index (χ1n) is 6.66. The van der Waals surface area contributed by atoms with E-state index in [-0.39, 0.29) is 5.82 Å². The summed E-state index contributed by atoms with van der Waals surface area (Å²) in [5.41, 5.74) is 1.50. The predicted molar refractivity (Wildman–Crippen MR) is 81.1 cm³/mol. The highest BCUT2D eigenvalue weighted by atomic mass is 32.1. The van der Waals surface area contributed by atoms with Gasteiger partial charge in [-0.3, -0.25) is 4.98 Å². The third-order valence-corrected chi connectivity index (χ3v) is 4.22. The fraction of sp³-hybridized carbons (Fsp3) is 0.0667. The van der Waals surface area contributed by atoms with Crippen molar-refractivity contribution in [2.24, 2.45) is 0 Å². The molecule has 0 bridgehead atoms. The van der Waals surface area contributed by atoms with Crippen molar-refractivity contribution in [3.63, 3.8) is 0 Å². The lowest BCUT2D eigenvalue weighted by atomic mass is 10.1. The SMILES string of the molecule is Fc1ccccc1Cc1nnc2sc(-c3cccnc3)nn12. The van der Waals surface area contributed by atoms with Gasteiger partial charge < -0.3 is 0 Å². The second kappa shape index (κ2) is 5.27. The quantitative estimate of drug-likeness (QED) is 0.583. The predicted octanol–water partition coefficient (Wildman–Crippen LogP) is 2.98. The first-order chi connectivity index (χ1) is 10.8. The van der Waals surface area contributed by atoms with E-state index in [1.807, 2.05) is 12.1 Å². The molecular formula is C15H10FN5S. The number of hydrogen-bond acceptors (Lipinski definition) is 5. The van der Waals surface area contributed by atoms with Crippen LogP contribution in [0.3, 0.4) is 0 Å². The van der Waals surface area contributed by atoms with Crippen molar-refractivity contribution in [1.82, 2.24) is 24.8 Å². The molecule has 0 aliphatic rings. The number of fused-ring (bicyclic) bond motifs is 1. The number of rotatable bonds is 3. The molecule has 0 aliphatic carbocycles. The molecular weight excluding hydrogens is 301 g/mol. The molecule has 0 N–H and O–H groups in total. The van der Waals surface area contributed by atoms with Gasteiger partial charge in [0.1, 0.15) is 10.8 Å². The molecule has 0 spiro atoms. The highest BCUT2D eigenvalue weighted by molar-refractivity contribution is 7.19. The van der Waals surface area contributed by atoms with E-state index < -0.39 is 0 Å². The number of nitrogens with zero attached hydrogens (tertiary/aromatic N) is 5. The van der Waals surface area contributed by atoms with Crippen LogP contribution in [-0.2, 0) is 6.42 Å². The zero-order valence-electron chi connectivity index (χ0n) is 11.3. The number of benzene rings is 1. The maximum atomic E-state index is 13.8. The van der Waals surface area contributed by atoms with Gasteiger partial charge in [-0.2, -0.15) is 9.61 Å². The fourth-order valence-electron chi connectivity index (χ4n) is 2.19. The standard InChI is InChI=1S/C15H10FN5S/c16-12-6-2-1-4-10(12)8-13-18-19-15-21(13)20-14(22-15)11-5-3-7-17-9-11/h1-7,9H,8H2. The average molecular weight is 311 g/mol. The van der Waals surface area contributed by atoms with Crippen LogP contribution in [0.5, 0.6) is 0 Å². The van der Waals surface area contributed by atoms with Gasteiger partial charge in [-0.05, 0) is 23.8 Å². The Labute approximate surface area is 129 Å². The smallest absolute Gasteiger partial charge is 0.234 e. The van der Waals surface area contributed by atoms with Gasteiger partial charge >= 0.3 is 0 Å². The number of pyridine rings is 1. The lowest BCUT2D eigenvalue weighted by molar-refractivity contribution is 0.611. The lowest BCUT2D eigenvalue weighted by Gasteiger charge is -1.99. The van der Waals surface area contributed by atoms with Crippen LogP contribution in [0, 0.1) is 5.82 Å². The Hall–Kier alpha value is -2.67. The van der Waals surface area contributed by atoms with Crippen molar-refractivity contribution in [3.05, 3.63) is 66.0 Å². The van der Waals surface area contributed by atoms with Crippen molar-refractivity contribution in [2.75, 3.05) is 0 Å². The van der Waals surface area contributed by atoms with E-state index in [4.69, 9.17) is 0 Å². The molecule has 3 heterocycles. The lowest BCUT2D eigenvalue weighted by Crippen LogP contribution is -1.99. The Balaban J connectivity index is 1.74. The topological polar surface area (TPSA) is 56.0 Å². The number of halogens is 1. The molecule has 108 valence electrons. The van der Waals surface area contributed by atoms with Crippen molar-refractivity contribution in [2.45, 2.75) is 6.42 Å². The minimum Gasteiger partial charge on any atom is -0.264 e. The van der Waals surface area contributed by atoms with Gasteiger partial charge in [0.2, 0.25) is 4.96 Å². The van der Waals surface area contributed by atoms with E-state index in [2.05, 4.69) is 20.3 Å². The highest BCUT2D eigenvalue weighted by Crippen LogP contribution is 2.25. The molecule has 4 aromatic rings. The third kappa shape index (κ3) is 2.25. The van der Waals surface area contributed by atoms with E-state index >= 15 is 0 Å². The normalized spacial score (nSPS) is 11.1. The molecule has 0 saturated carbocycles. The molecule has 0 radical (unpaired) electrons. The summed E-state index contributed by atoms with van der Waals surface area (Å²) in [5.74, 6) is 0.369. The van der Waals surface area contributed by atoms with Gasteiger partial charge in [0.05, 0.1) is 0 Å². The molecule has 7 heteroatoms. The van der Waals surface area contributed by atoms with Crippen molar-refractivity contribution in [3.8, 4) is 10.6 Å². The molecule has 5 nitrogen and oxygen atoms in total. The largest absolute Gasteiger partial charge is 0.264 e. The Morgan fingerprint density at radius 1 is 1.09 bits per heavy atom. The van der Waals surface area contributed by atoms with Crippen molar-refractivity contribution in [1.29, 1.82) is 0 Å². The Kier molecular flexibility index (Phi) is 3.12. The maximum Gasteiger partial charge on any atom is 0.234 e. The van der Waals surface area contributed by atoms with E-state index in [0.29, 0.717) is 22.8 Å². The van der Waals surface area contributed by atoms with Crippen LogP contribution < -0.4 is 0 Å². The molecule has 1 aromatic carbocycles.